The second-order valence-electron chi connectivity index (χ2n) is 5.45. The fourth-order valence-corrected chi connectivity index (χ4v) is 3.72. The number of hydrogen-bond donors (Lipinski definition) is 3. The zero-order valence-electron chi connectivity index (χ0n) is 14.6. The molecule has 0 radical (unpaired) electrons. The number of ether oxygens (including phenoxy) is 2. The molecule has 0 unspecified atom stereocenters. The van der Waals surface area contributed by atoms with Crippen molar-refractivity contribution in [3.05, 3.63) is 18.2 Å². The maximum atomic E-state index is 12.0. The van der Waals surface area contributed by atoms with E-state index in [1.54, 1.807) is 18.2 Å². The molecule has 1 aliphatic heterocycles. The number of nitrogens with zero attached hydrogens (tertiary/aromatic N) is 2. The number of hydrogen-bond acceptors (Lipinski definition) is 9. The smallest absolute Gasteiger partial charge is 0.325 e. The summed E-state index contributed by atoms with van der Waals surface area (Å²) in [5.41, 5.74) is 0.507. The van der Waals surface area contributed by atoms with Crippen molar-refractivity contribution in [2.45, 2.75) is 17.7 Å². The third-order valence-corrected chi connectivity index (χ3v) is 5.33. The van der Waals surface area contributed by atoms with Crippen molar-refractivity contribution < 1.29 is 19.1 Å². The first-order valence-corrected chi connectivity index (χ1v) is 10.1. The van der Waals surface area contributed by atoms with Crippen LogP contribution in [0, 0.1) is 0 Å². The maximum Gasteiger partial charge on any atom is 0.325 e. The third kappa shape index (κ3) is 5.73. The predicted octanol–water partition coefficient (Wildman–Crippen LogP) is 2.57. The molecule has 9 nitrogen and oxygen atoms in total. The minimum atomic E-state index is -0.611. The van der Waals surface area contributed by atoms with E-state index in [0.29, 0.717) is 34.7 Å². The van der Waals surface area contributed by atoms with Gasteiger partial charge in [0.05, 0.1) is 5.75 Å². The van der Waals surface area contributed by atoms with E-state index in [1.807, 2.05) is 0 Å². The molecule has 3 N–H and O–H groups in total. The Morgan fingerprint density at radius 3 is 2.85 bits per heavy atom. The normalized spacial score (nSPS) is 12.3. The van der Waals surface area contributed by atoms with Crippen molar-refractivity contribution in [1.82, 2.24) is 15.5 Å². The van der Waals surface area contributed by atoms with Crippen LogP contribution in [0.25, 0.3) is 0 Å². The fraction of sp³-hybridized carbons (Fsp3) is 0.375. The van der Waals surface area contributed by atoms with Crippen LogP contribution in [-0.2, 0) is 4.79 Å². The molecule has 0 aliphatic carbocycles. The van der Waals surface area contributed by atoms with Crippen molar-refractivity contribution >= 4 is 45.9 Å². The highest BCUT2D eigenvalue weighted by atomic mass is 32.2. The van der Waals surface area contributed by atoms with Crippen LogP contribution in [0.4, 0.5) is 15.6 Å². The Hall–Kier alpha value is -2.53. The molecular formula is C16H19N5O4S2. The summed E-state index contributed by atoms with van der Waals surface area (Å²) in [6.45, 7) is 3.83. The van der Waals surface area contributed by atoms with Gasteiger partial charge in [-0.2, -0.15) is 0 Å². The second-order valence-corrected chi connectivity index (χ2v) is 7.65. The molecule has 27 heavy (non-hydrogen) atoms. The molecule has 0 fully saturated rings. The molecule has 0 saturated heterocycles. The predicted molar refractivity (Wildman–Crippen MR) is 104 cm³/mol. The van der Waals surface area contributed by atoms with Crippen molar-refractivity contribution in [2.24, 2.45) is 0 Å². The molecule has 0 atom stereocenters. The minimum absolute atomic E-state index is 0.0664. The van der Waals surface area contributed by atoms with Gasteiger partial charge in [0, 0.05) is 18.3 Å². The number of benzene rings is 1. The molecule has 11 heteroatoms. The number of fused-ring (bicyclic) bond motifs is 1. The Labute approximate surface area is 164 Å². The van der Waals surface area contributed by atoms with E-state index in [9.17, 15) is 9.59 Å². The van der Waals surface area contributed by atoms with E-state index in [1.165, 1.54) is 23.1 Å². The van der Waals surface area contributed by atoms with Crippen molar-refractivity contribution in [1.29, 1.82) is 0 Å². The highest BCUT2D eigenvalue weighted by molar-refractivity contribution is 8.01. The van der Waals surface area contributed by atoms with E-state index >= 15 is 0 Å². The van der Waals surface area contributed by atoms with Gasteiger partial charge in [0.1, 0.15) is 13.2 Å². The van der Waals surface area contributed by atoms with Gasteiger partial charge >= 0.3 is 6.03 Å². The van der Waals surface area contributed by atoms with Crippen LogP contribution in [0.3, 0.4) is 0 Å². The number of imide groups is 1. The lowest BCUT2D eigenvalue weighted by atomic mass is 10.2. The first kappa shape index (κ1) is 19.2. The molecule has 2 heterocycles. The molecule has 144 valence electrons. The van der Waals surface area contributed by atoms with E-state index < -0.39 is 11.9 Å². The molecule has 0 bridgehead atoms. The Kier molecular flexibility index (Phi) is 6.71. The molecule has 3 amide bonds. The van der Waals surface area contributed by atoms with Crippen LogP contribution >= 0.6 is 23.1 Å². The highest BCUT2D eigenvalue weighted by Crippen LogP contribution is 2.32. The van der Waals surface area contributed by atoms with Crippen molar-refractivity contribution in [3.63, 3.8) is 0 Å². The summed E-state index contributed by atoms with van der Waals surface area (Å²) in [6, 6.07) is 4.43. The quantitative estimate of drug-likeness (QED) is 0.598. The van der Waals surface area contributed by atoms with Crippen molar-refractivity contribution in [3.8, 4) is 11.5 Å². The number of carbonyl (C=O) groups is 2. The van der Waals surface area contributed by atoms with Crippen LogP contribution in [0.1, 0.15) is 13.3 Å². The summed E-state index contributed by atoms with van der Waals surface area (Å²) in [4.78, 5) is 23.9. The van der Waals surface area contributed by atoms with Gasteiger partial charge in [-0.05, 0) is 18.6 Å². The zero-order chi connectivity index (χ0) is 19.1. The van der Waals surface area contributed by atoms with Crippen molar-refractivity contribution in [2.75, 3.05) is 36.1 Å². The molecule has 0 spiro atoms. The van der Waals surface area contributed by atoms with Gasteiger partial charge in [0.15, 0.2) is 15.8 Å². The lowest BCUT2D eigenvalue weighted by Gasteiger charge is -2.19. The lowest BCUT2D eigenvalue weighted by Crippen LogP contribution is -2.35. The number of urea groups is 1. The standard InChI is InChI=1S/C16H19N5O4S2/c1-2-5-17-15-20-21-16(27-15)26-9-13(22)19-14(23)18-10-3-4-11-12(8-10)25-7-6-24-11/h3-4,8H,2,5-7,9H2,1H3,(H,17,20)(H2,18,19,22,23). The molecular weight excluding hydrogens is 390 g/mol. The Morgan fingerprint density at radius 2 is 2.04 bits per heavy atom. The summed E-state index contributed by atoms with van der Waals surface area (Å²) >= 11 is 2.60. The summed E-state index contributed by atoms with van der Waals surface area (Å²) in [5.74, 6) is 0.833. The Balaban J connectivity index is 1.43. The molecule has 1 aromatic carbocycles. The second kappa shape index (κ2) is 9.42. The number of amides is 3. The highest BCUT2D eigenvalue weighted by Gasteiger charge is 2.14. The Morgan fingerprint density at radius 1 is 1.22 bits per heavy atom. The third-order valence-electron chi connectivity index (χ3n) is 3.31. The number of rotatable bonds is 7. The zero-order valence-corrected chi connectivity index (χ0v) is 16.2. The van der Waals surface area contributed by atoms with Gasteiger partial charge < -0.3 is 20.1 Å². The van der Waals surface area contributed by atoms with Gasteiger partial charge in [0.25, 0.3) is 0 Å². The van der Waals surface area contributed by atoms with Gasteiger partial charge in [-0.1, -0.05) is 30.0 Å². The largest absolute Gasteiger partial charge is 0.486 e. The van der Waals surface area contributed by atoms with Gasteiger partial charge in [0.2, 0.25) is 11.0 Å². The van der Waals surface area contributed by atoms with Crippen LogP contribution in [0.5, 0.6) is 11.5 Å². The number of aromatic nitrogens is 2. The van der Waals surface area contributed by atoms with E-state index in [4.69, 9.17) is 9.47 Å². The lowest BCUT2D eigenvalue weighted by molar-refractivity contribution is -0.117. The molecule has 0 saturated carbocycles. The Bertz CT molecular complexity index is 814. The van der Waals surface area contributed by atoms with E-state index in [2.05, 4.69) is 33.1 Å². The summed E-state index contributed by atoms with van der Waals surface area (Å²) in [6.07, 6.45) is 0.989. The topological polar surface area (TPSA) is 114 Å². The first-order chi connectivity index (χ1) is 13.1. The molecule has 2 aromatic rings. The molecule has 1 aromatic heterocycles. The van der Waals surface area contributed by atoms with Gasteiger partial charge in [-0.15, -0.1) is 10.2 Å². The number of anilines is 2. The number of carbonyl (C=O) groups excluding carboxylic acids is 2. The van der Waals surface area contributed by atoms with Gasteiger partial charge in [-0.3, -0.25) is 10.1 Å². The minimum Gasteiger partial charge on any atom is -0.486 e. The van der Waals surface area contributed by atoms with E-state index in [0.717, 1.165) is 18.1 Å². The molecule has 3 rings (SSSR count). The molecule has 1 aliphatic rings. The average Bonchev–Trinajstić information content (AvgIpc) is 3.12. The maximum absolute atomic E-state index is 12.0. The van der Waals surface area contributed by atoms with Crippen LogP contribution in [0.15, 0.2) is 22.5 Å². The summed E-state index contributed by atoms with van der Waals surface area (Å²) in [7, 11) is 0. The first-order valence-electron chi connectivity index (χ1n) is 8.34. The summed E-state index contributed by atoms with van der Waals surface area (Å²) < 4.78 is 11.5. The van der Waals surface area contributed by atoms with E-state index in [-0.39, 0.29) is 5.75 Å². The monoisotopic (exact) mass is 409 g/mol. The summed E-state index contributed by atoms with van der Waals surface area (Å²) in [5, 5.41) is 16.7. The average molecular weight is 409 g/mol. The van der Waals surface area contributed by atoms with Crippen LogP contribution in [-0.4, -0.2) is 47.6 Å². The van der Waals surface area contributed by atoms with Crippen LogP contribution in [0.2, 0.25) is 0 Å². The van der Waals surface area contributed by atoms with Crippen LogP contribution < -0.4 is 25.4 Å². The van der Waals surface area contributed by atoms with Gasteiger partial charge in [-0.25, -0.2) is 4.79 Å². The number of thioether (sulfide) groups is 1. The fourth-order valence-electron chi connectivity index (χ4n) is 2.14. The SMILES string of the molecule is CCCNc1nnc(SCC(=O)NC(=O)Nc2ccc3c(c2)OCCO3)s1. The number of nitrogens with one attached hydrogen (secondary N) is 3.